The van der Waals surface area contributed by atoms with Gasteiger partial charge in [0.05, 0.1) is 28.3 Å². The third-order valence-corrected chi connectivity index (χ3v) is 8.18. The summed E-state index contributed by atoms with van der Waals surface area (Å²) < 4.78 is 31.4. The predicted molar refractivity (Wildman–Crippen MR) is 147 cm³/mol. The second-order valence-electron chi connectivity index (χ2n) is 10.1. The minimum absolute atomic E-state index is 0.0641. The zero-order valence-corrected chi connectivity index (χ0v) is 23.9. The van der Waals surface area contributed by atoms with Gasteiger partial charge in [0.1, 0.15) is 17.5 Å². The van der Waals surface area contributed by atoms with E-state index in [1.165, 1.54) is 42.3 Å². The number of likely N-dealkylation sites (N-methyl/N-ethyl adjacent to an activating group) is 1. The van der Waals surface area contributed by atoms with Crippen molar-refractivity contribution < 1.29 is 27.9 Å². The Morgan fingerprint density at radius 1 is 1.07 bits per heavy atom. The van der Waals surface area contributed by atoms with Crippen LogP contribution in [0.3, 0.4) is 0 Å². The van der Waals surface area contributed by atoms with Gasteiger partial charge in [-0.15, -0.1) is 0 Å². The van der Waals surface area contributed by atoms with Crippen LogP contribution in [0.5, 0.6) is 5.75 Å². The first-order chi connectivity index (χ1) is 19.5. The first-order valence-electron chi connectivity index (χ1n) is 12.9. The normalized spacial score (nSPS) is 19.1. The largest absolute Gasteiger partial charge is 0.435 e. The van der Waals surface area contributed by atoms with Gasteiger partial charge in [-0.05, 0) is 49.7 Å². The maximum absolute atomic E-state index is 14.1. The maximum Gasteiger partial charge on any atom is 0.387 e. The van der Waals surface area contributed by atoms with Crippen LogP contribution >= 0.6 is 23.2 Å². The van der Waals surface area contributed by atoms with Gasteiger partial charge in [0, 0.05) is 37.2 Å². The molecular formula is C28H27Cl2F2N5O4. The van der Waals surface area contributed by atoms with E-state index in [2.05, 4.69) is 10.1 Å². The van der Waals surface area contributed by atoms with E-state index in [1.54, 1.807) is 21.7 Å². The number of aromatic nitrogens is 2. The van der Waals surface area contributed by atoms with Crippen LogP contribution in [0, 0.1) is 0 Å². The molecule has 2 aliphatic heterocycles. The zero-order valence-electron chi connectivity index (χ0n) is 22.4. The summed E-state index contributed by atoms with van der Waals surface area (Å²) in [6.07, 6.45) is 0.437. The van der Waals surface area contributed by atoms with Gasteiger partial charge in [-0.1, -0.05) is 35.3 Å². The summed E-state index contributed by atoms with van der Waals surface area (Å²) >= 11 is 12.2. The Morgan fingerprint density at radius 3 is 2.41 bits per heavy atom. The minimum atomic E-state index is -2.99. The number of hydrogen-bond donors (Lipinski definition) is 1. The standard InChI is InChI=1S/C28H27Cl2F2N5O4/c1-14-10-22-19(13-35(14)26(39)17-6-9-20(29)21(30)11-17)24-27(40)36(12-15(2)37(24)34-22)23(25(38)33-3)16-4-7-18(8-5-16)41-28(31)32/h4-9,11,14-15,23,28H,10,12-13H2,1-3H3,(H,33,38)/t14-,15-,23+/m1/s1. The Morgan fingerprint density at radius 2 is 1.78 bits per heavy atom. The summed E-state index contributed by atoms with van der Waals surface area (Å²) in [5.74, 6) is -1.19. The lowest BCUT2D eigenvalue weighted by atomic mass is 9.96. The summed E-state index contributed by atoms with van der Waals surface area (Å²) in [5, 5.41) is 7.94. The van der Waals surface area contributed by atoms with Gasteiger partial charge in [0.25, 0.3) is 11.8 Å². The highest BCUT2D eigenvalue weighted by atomic mass is 35.5. The van der Waals surface area contributed by atoms with Gasteiger partial charge in [0.2, 0.25) is 5.91 Å². The molecule has 2 aromatic carbocycles. The molecule has 0 saturated carbocycles. The number of carbonyl (C=O) groups is 3. The van der Waals surface area contributed by atoms with E-state index >= 15 is 0 Å². The van der Waals surface area contributed by atoms with E-state index in [9.17, 15) is 23.2 Å². The number of alkyl halides is 2. The van der Waals surface area contributed by atoms with Crippen LogP contribution < -0.4 is 10.1 Å². The highest BCUT2D eigenvalue weighted by molar-refractivity contribution is 6.42. The average Bonchev–Trinajstić information content (AvgIpc) is 3.31. The molecule has 0 fully saturated rings. The molecule has 0 aliphatic carbocycles. The van der Waals surface area contributed by atoms with E-state index in [-0.39, 0.29) is 41.9 Å². The number of carbonyl (C=O) groups excluding carboxylic acids is 3. The molecule has 0 saturated heterocycles. The minimum Gasteiger partial charge on any atom is -0.435 e. The first kappa shape index (κ1) is 28.8. The highest BCUT2D eigenvalue weighted by Crippen LogP contribution is 2.36. The van der Waals surface area contributed by atoms with Gasteiger partial charge < -0.3 is 19.9 Å². The lowest BCUT2D eigenvalue weighted by Crippen LogP contribution is -2.49. The maximum atomic E-state index is 14.1. The van der Waals surface area contributed by atoms with E-state index in [4.69, 9.17) is 28.3 Å². The highest BCUT2D eigenvalue weighted by Gasteiger charge is 2.43. The van der Waals surface area contributed by atoms with Crippen molar-refractivity contribution in [3.05, 3.63) is 80.6 Å². The smallest absolute Gasteiger partial charge is 0.387 e. The van der Waals surface area contributed by atoms with Crippen molar-refractivity contribution in [1.29, 1.82) is 0 Å². The van der Waals surface area contributed by atoms with E-state index < -0.39 is 24.5 Å². The van der Waals surface area contributed by atoms with Crippen molar-refractivity contribution in [2.24, 2.45) is 0 Å². The van der Waals surface area contributed by atoms with Gasteiger partial charge in [-0.25, -0.2) is 0 Å². The molecule has 3 amide bonds. The van der Waals surface area contributed by atoms with Crippen molar-refractivity contribution in [3.8, 4) is 5.75 Å². The van der Waals surface area contributed by atoms with Crippen molar-refractivity contribution >= 4 is 40.9 Å². The summed E-state index contributed by atoms with van der Waals surface area (Å²) in [6.45, 7) is 1.14. The van der Waals surface area contributed by atoms with Crippen LogP contribution in [0.4, 0.5) is 8.78 Å². The molecule has 0 bridgehead atoms. The number of amides is 3. The number of nitrogens with zero attached hydrogens (tertiary/aromatic N) is 4. The number of rotatable bonds is 6. The van der Waals surface area contributed by atoms with Gasteiger partial charge in [-0.2, -0.15) is 13.9 Å². The van der Waals surface area contributed by atoms with Gasteiger partial charge in [0.15, 0.2) is 0 Å². The lowest BCUT2D eigenvalue weighted by Gasteiger charge is -2.38. The number of benzene rings is 2. The van der Waals surface area contributed by atoms with Gasteiger partial charge in [-0.3, -0.25) is 19.1 Å². The van der Waals surface area contributed by atoms with Crippen molar-refractivity contribution in [1.82, 2.24) is 24.9 Å². The van der Waals surface area contributed by atoms with Crippen LogP contribution in [0.1, 0.15) is 63.6 Å². The van der Waals surface area contributed by atoms with Crippen LogP contribution in [0.2, 0.25) is 10.0 Å². The summed E-state index contributed by atoms with van der Waals surface area (Å²) in [5.41, 5.74) is 2.45. The number of nitrogens with one attached hydrogen (secondary N) is 1. The number of hydrogen-bond acceptors (Lipinski definition) is 5. The molecule has 0 radical (unpaired) electrons. The van der Waals surface area contributed by atoms with E-state index in [1.807, 2.05) is 13.8 Å². The summed E-state index contributed by atoms with van der Waals surface area (Å²) in [6, 6.07) is 8.79. The Kier molecular flexibility index (Phi) is 7.93. The molecule has 3 heterocycles. The number of halogens is 4. The van der Waals surface area contributed by atoms with Crippen LogP contribution in [-0.2, 0) is 17.8 Å². The summed E-state index contributed by atoms with van der Waals surface area (Å²) in [7, 11) is 1.46. The van der Waals surface area contributed by atoms with Crippen LogP contribution in [-0.4, -0.2) is 63.5 Å². The monoisotopic (exact) mass is 605 g/mol. The molecule has 3 aromatic rings. The quantitative estimate of drug-likeness (QED) is 0.432. The van der Waals surface area contributed by atoms with Crippen molar-refractivity contribution in [2.75, 3.05) is 13.6 Å². The lowest BCUT2D eigenvalue weighted by molar-refractivity contribution is -0.125. The van der Waals surface area contributed by atoms with Crippen LogP contribution in [0.15, 0.2) is 42.5 Å². The molecular weight excluding hydrogens is 579 g/mol. The molecule has 5 rings (SSSR count). The Labute approximate surface area is 244 Å². The molecule has 0 spiro atoms. The third kappa shape index (κ3) is 5.36. The SMILES string of the molecule is CNC(=O)[C@H](c1ccc(OC(F)F)cc1)N1C[C@@H](C)n2nc3c(c2C1=O)CN(C(=O)c1ccc(Cl)c(Cl)c1)[C@H](C)C3. The molecule has 2 aliphatic rings. The fraction of sp³-hybridized carbons (Fsp3) is 0.357. The molecule has 3 atom stereocenters. The first-order valence-corrected chi connectivity index (χ1v) is 13.7. The predicted octanol–water partition coefficient (Wildman–Crippen LogP) is 4.88. The molecule has 13 heteroatoms. The molecule has 41 heavy (non-hydrogen) atoms. The Hall–Kier alpha value is -3.70. The number of fused-ring (bicyclic) bond motifs is 3. The zero-order chi connectivity index (χ0) is 29.6. The average molecular weight is 606 g/mol. The number of ether oxygens (including phenoxy) is 1. The summed E-state index contributed by atoms with van der Waals surface area (Å²) in [4.78, 5) is 43.8. The topological polar surface area (TPSA) is 96.8 Å². The molecule has 216 valence electrons. The molecule has 1 N–H and O–H groups in total. The third-order valence-electron chi connectivity index (χ3n) is 7.44. The van der Waals surface area contributed by atoms with Crippen molar-refractivity contribution in [3.63, 3.8) is 0 Å². The fourth-order valence-corrected chi connectivity index (χ4v) is 5.72. The molecule has 9 nitrogen and oxygen atoms in total. The van der Waals surface area contributed by atoms with Crippen LogP contribution in [0.25, 0.3) is 0 Å². The van der Waals surface area contributed by atoms with Crippen molar-refractivity contribution in [2.45, 2.75) is 51.6 Å². The fourth-order valence-electron chi connectivity index (χ4n) is 5.42. The molecule has 0 unspecified atom stereocenters. The Balaban J connectivity index is 1.49. The van der Waals surface area contributed by atoms with E-state index in [0.29, 0.717) is 33.8 Å². The molecule has 1 aromatic heterocycles. The van der Waals surface area contributed by atoms with Gasteiger partial charge >= 0.3 is 6.61 Å². The second-order valence-corrected chi connectivity index (χ2v) is 10.9. The van der Waals surface area contributed by atoms with E-state index in [0.717, 1.165) is 5.69 Å². The Bertz CT molecular complexity index is 1510. The second kappa shape index (κ2) is 11.3.